The zero-order chi connectivity index (χ0) is 21.0. The van der Waals surface area contributed by atoms with E-state index in [0.29, 0.717) is 11.8 Å². The van der Waals surface area contributed by atoms with Crippen molar-refractivity contribution in [3.8, 4) is 0 Å². The lowest BCUT2D eigenvalue weighted by atomic mass is 9.83. The minimum atomic E-state index is -0.354. The first-order valence-electron chi connectivity index (χ1n) is 12.0. The minimum absolute atomic E-state index is 0.0460. The van der Waals surface area contributed by atoms with Crippen molar-refractivity contribution >= 4 is 5.97 Å². The van der Waals surface area contributed by atoms with Crippen molar-refractivity contribution in [1.29, 1.82) is 0 Å². The van der Waals surface area contributed by atoms with Crippen LogP contribution in [-0.4, -0.2) is 11.6 Å². The molecule has 0 unspecified atom stereocenters. The van der Waals surface area contributed by atoms with E-state index in [-0.39, 0.29) is 11.6 Å². The van der Waals surface area contributed by atoms with E-state index in [0.717, 1.165) is 24.7 Å². The van der Waals surface area contributed by atoms with E-state index in [1.807, 2.05) is 20.8 Å². The van der Waals surface area contributed by atoms with Gasteiger partial charge in [-0.25, -0.2) is 0 Å². The molecular weight excluding hydrogens is 344 g/mol. The van der Waals surface area contributed by atoms with Crippen molar-refractivity contribution < 1.29 is 9.53 Å². The minimum Gasteiger partial charge on any atom is -0.460 e. The van der Waals surface area contributed by atoms with Crippen LogP contribution in [0.3, 0.4) is 0 Å². The first-order chi connectivity index (χ1) is 13.1. The van der Waals surface area contributed by atoms with Gasteiger partial charge < -0.3 is 4.74 Å². The molecule has 0 aromatic heterocycles. The average Bonchev–Trinajstić information content (AvgIpc) is 3.02. The Bertz CT molecular complexity index is 456. The largest absolute Gasteiger partial charge is 0.460 e. The van der Waals surface area contributed by atoms with E-state index in [1.54, 1.807) is 0 Å². The molecule has 1 saturated carbocycles. The van der Waals surface area contributed by atoms with Gasteiger partial charge in [-0.15, -0.1) is 0 Å². The molecule has 1 aliphatic rings. The fraction of sp³-hybridized carbons (Fsp3) is 0.885. The molecule has 0 saturated heterocycles. The van der Waals surface area contributed by atoms with Crippen LogP contribution in [0.5, 0.6) is 0 Å². The lowest BCUT2D eigenvalue weighted by Crippen LogP contribution is -2.23. The van der Waals surface area contributed by atoms with Gasteiger partial charge in [-0.3, -0.25) is 4.79 Å². The quantitative estimate of drug-likeness (QED) is 0.179. The third-order valence-electron chi connectivity index (χ3n) is 6.10. The van der Waals surface area contributed by atoms with Gasteiger partial charge in [-0.2, -0.15) is 0 Å². The Labute approximate surface area is 175 Å². The van der Waals surface area contributed by atoms with E-state index in [1.165, 1.54) is 64.2 Å². The Morgan fingerprint density at radius 1 is 1.00 bits per heavy atom. The normalized spacial score (nSPS) is 20.8. The summed E-state index contributed by atoms with van der Waals surface area (Å²) in [4.78, 5) is 11.7. The van der Waals surface area contributed by atoms with Crippen LogP contribution in [0.15, 0.2) is 12.2 Å². The smallest absolute Gasteiger partial charge is 0.306 e. The van der Waals surface area contributed by atoms with Gasteiger partial charge in [0.25, 0.3) is 0 Å². The van der Waals surface area contributed by atoms with Crippen molar-refractivity contribution in [2.24, 2.45) is 17.3 Å². The molecule has 0 heterocycles. The second kappa shape index (κ2) is 12.7. The number of hydrogen-bond acceptors (Lipinski definition) is 2. The Morgan fingerprint density at radius 2 is 1.71 bits per heavy atom. The second-order valence-corrected chi connectivity index (χ2v) is 10.8. The summed E-state index contributed by atoms with van der Waals surface area (Å²) in [6.45, 7) is 12.9. The molecule has 2 nitrogen and oxygen atoms in total. The van der Waals surface area contributed by atoms with Gasteiger partial charge in [0, 0.05) is 6.42 Å². The molecule has 0 N–H and O–H groups in total. The van der Waals surface area contributed by atoms with E-state index < -0.39 is 0 Å². The van der Waals surface area contributed by atoms with E-state index in [4.69, 9.17) is 4.74 Å². The van der Waals surface area contributed by atoms with E-state index >= 15 is 0 Å². The van der Waals surface area contributed by atoms with Crippen molar-refractivity contribution in [2.75, 3.05) is 0 Å². The Hall–Kier alpha value is -0.790. The monoisotopic (exact) mass is 392 g/mol. The summed E-state index contributed by atoms with van der Waals surface area (Å²) in [7, 11) is 0. The maximum atomic E-state index is 11.7. The number of esters is 1. The summed E-state index contributed by atoms with van der Waals surface area (Å²) >= 11 is 0. The molecule has 0 aliphatic heterocycles. The Kier molecular flexibility index (Phi) is 11.5. The molecule has 0 aromatic rings. The van der Waals surface area contributed by atoms with Crippen LogP contribution in [-0.2, 0) is 9.53 Å². The molecule has 0 radical (unpaired) electrons. The number of ether oxygens (including phenoxy) is 1. The summed E-state index contributed by atoms with van der Waals surface area (Å²) in [5.41, 5.74) is 0.0993. The molecule has 0 aromatic carbocycles. The molecular formula is C26H48O2. The number of unbranched alkanes of at least 4 members (excludes halogenated alkanes) is 4. The first-order valence-corrected chi connectivity index (χ1v) is 12.0. The maximum Gasteiger partial charge on any atom is 0.306 e. The molecule has 1 aliphatic carbocycles. The zero-order valence-electron chi connectivity index (χ0n) is 19.8. The standard InChI is InChI=1S/C26H48O2/c1-7-8-20-26(5,6)21-14-18-23-17-13-16-22(23)15-11-9-10-12-19-24(27)28-25(2,3)4/h14,18,22-23H,7-13,15-17,19-21H2,1-6H3/t22-,23+/m0/s1. The highest BCUT2D eigenvalue weighted by Crippen LogP contribution is 2.37. The molecule has 164 valence electrons. The average molecular weight is 393 g/mol. The van der Waals surface area contributed by atoms with Crippen LogP contribution in [0.2, 0.25) is 0 Å². The van der Waals surface area contributed by atoms with Gasteiger partial charge in [0.1, 0.15) is 5.60 Å². The number of allylic oxidation sites excluding steroid dienone is 2. The molecule has 1 fully saturated rings. The van der Waals surface area contributed by atoms with Gasteiger partial charge in [0.2, 0.25) is 0 Å². The zero-order valence-corrected chi connectivity index (χ0v) is 19.8. The molecule has 0 spiro atoms. The Morgan fingerprint density at radius 3 is 2.39 bits per heavy atom. The number of carbonyl (C=O) groups excluding carboxylic acids is 1. The molecule has 0 amide bonds. The van der Waals surface area contributed by atoms with Crippen molar-refractivity contribution in [3.05, 3.63) is 12.2 Å². The summed E-state index contributed by atoms with van der Waals surface area (Å²) in [5, 5.41) is 0. The maximum absolute atomic E-state index is 11.7. The van der Waals surface area contributed by atoms with Crippen molar-refractivity contribution in [3.63, 3.8) is 0 Å². The highest BCUT2D eigenvalue weighted by molar-refractivity contribution is 5.69. The van der Waals surface area contributed by atoms with Gasteiger partial charge in [0.15, 0.2) is 0 Å². The first kappa shape index (κ1) is 25.2. The van der Waals surface area contributed by atoms with Crippen LogP contribution in [0, 0.1) is 17.3 Å². The van der Waals surface area contributed by atoms with Crippen LogP contribution in [0.4, 0.5) is 0 Å². The number of hydrogen-bond donors (Lipinski definition) is 0. The highest BCUT2D eigenvalue weighted by Gasteiger charge is 2.25. The van der Waals surface area contributed by atoms with Gasteiger partial charge in [-0.05, 0) is 76.5 Å². The predicted octanol–water partition coefficient (Wildman–Crippen LogP) is 8.25. The van der Waals surface area contributed by atoms with E-state index in [9.17, 15) is 4.79 Å². The second-order valence-electron chi connectivity index (χ2n) is 10.8. The fourth-order valence-electron chi connectivity index (χ4n) is 4.42. The van der Waals surface area contributed by atoms with Gasteiger partial charge in [0.05, 0.1) is 0 Å². The SMILES string of the molecule is CCCCC(C)(C)CC=C[C@H]1CCC[C@@H]1CCCCCCC(=O)OC(C)(C)C. The van der Waals surface area contributed by atoms with Gasteiger partial charge >= 0.3 is 5.97 Å². The molecule has 28 heavy (non-hydrogen) atoms. The summed E-state index contributed by atoms with van der Waals surface area (Å²) < 4.78 is 5.38. The third kappa shape index (κ3) is 11.9. The molecule has 2 atom stereocenters. The van der Waals surface area contributed by atoms with Crippen LogP contribution in [0.1, 0.15) is 125 Å². The predicted molar refractivity (Wildman–Crippen MR) is 121 cm³/mol. The summed E-state index contributed by atoms with van der Waals surface area (Å²) in [5.74, 6) is 1.65. The van der Waals surface area contributed by atoms with Crippen LogP contribution >= 0.6 is 0 Å². The molecule has 2 heteroatoms. The topological polar surface area (TPSA) is 26.3 Å². The number of carbonyl (C=O) groups is 1. The van der Waals surface area contributed by atoms with Crippen molar-refractivity contribution in [2.45, 2.75) is 131 Å². The Balaban J connectivity index is 2.19. The van der Waals surface area contributed by atoms with Crippen LogP contribution in [0.25, 0.3) is 0 Å². The van der Waals surface area contributed by atoms with E-state index in [2.05, 4.69) is 32.9 Å². The summed E-state index contributed by atoms with van der Waals surface area (Å²) in [6.07, 6.45) is 21.0. The highest BCUT2D eigenvalue weighted by atomic mass is 16.6. The lowest BCUT2D eigenvalue weighted by molar-refractivity contribution is -0.154. The van der Waals surface area contributed by atoms with Gasteiger partial charge in [-0.1, -0.05) is 71.4 Å². The fourth-order valence-corrected chi connectivity index (χ4v) is 4.42. The molecule has 1 rings (SSSR count). The third-order valence-corrected chi connectivity index (χ3v) is 6.10. The summed E-state index contributed by atoms with van der Waals surface area (Å²) in [6, 6.07) is 0. The van der Waals surface area contributed by atoms with Crippen molar-refractivity contribution in [1.82, 2.24) is 0 Å². The molecule has 0 bridgehead atoms. The van der Waals surface area contributed by atoms with Crippen LogP contribution < -0.4 is 0 Å². The lowest BCUT2D eigenvalue weighted by Gasteiger charge is -2.23. The number of rotatable bonds is 13.